The van der Waals surface area contributed by atoms with Gasteiger partial charge in [-0.3, -0.25) is 9.69 Å². The van der Waals surface area contributed by atoms with E-state index in [-0.39, 0.29) is 17.9 Å². The highest BCUT2D eigenvalue weighted by Crippen LogP contribution is 2.29. The Hall–Kier alpha value is -2.93. The van der Waals surface area contributed by atoms with E-state index in [9.17, 15) is 9.59 Å². The van der Waals surface area contributed by atoms with Gasteiger partial charge in [-0.15, -0.1) is 0 Å². The molecule has 1 fully saturated rings. The number of aromatic nitrogens is 1. The van der Waals surface area contributed by atoms with Crippen molar-refractivity contribution in [1.29, 1.82) is 0 Å². The van der Waals surface area contributed by atoms with E-state index < -0.39 is 0 Å². The topological polar surface area (TPSA) is 74.8 Å². The van der Waals surface area contributed by atoms with Gasteiger partial charge in [0, 0.05) is 32.4 Å². The van der Waals surface area contributed by atoms with Crippen LogP contribution in [0.15, 0.2) is 42.6 Å². The first-order valence-electron chi connectivity index (χ1n) is 11.6. The number of hydrogen-bond acceptors (Lipinski definition) is 6. The molecule has 0 saturated carbocycles. The molecule has 1 atom stereocenters. The summed E-state index contributed by atoms with van der Waals surface area (Å²) in [4.78, 5) is 33.5. The first-order valence-corrected chi connectivity index (χ1v) is 11.6. The van der Waals surface area contributed by atoms with Gasteiger partial charge >= 0.3 is 5.97 Å². The summed E-state index contributed by atoms with van der Waals surface area (Å²) in [5.74, 6) is 0.598. The molecule has 0 bridgehead atoms. The van der Waals surface area contributed by atoms with Crippen molar-refractivity contribution in [2.45, 2.75) is 38.6 Å². The Kier molecular flexibility index (Phi) is 7.37. The molecule has 32 heavy (non-hydrogen) atoms. The minimum absolute atomic E-state index is 0.0945. The fourth-order valence-electron chi connectivity index (χ4n) is 4.61. The van der Waals surface area contributed by atoms with Crippen molar-refractivity contribution in [2.24, 2.45) is 0 Å². The number of esters is 1. The lowest BCUT2D eigenvalue weighted by Crippen LogP contribution is -2.41. The van der Waals surface area contributed by atoms with Crippen LogP contribution in [0.1, 0.15) is 53.7 Å². The summed E-state index contributed by atoms with van der Waals surface area (Å²) < 4.78 is 5.02. The SMILES string of the molecule is CCOC(=O)c1ccc(N2CCCN(CC(=O)NC3CCCc4ccccc43)CC2)nc1. The van der Waals surface area contributed by atoms with E-state index in [0.717, 1.165) is 57.7 Å². The number of amides is 1. The third-order valence-corrected chi connectivity index (χ3v) is 6.24. The standard InChI is InChI=1S/C25H32N4O3/c1-2-32-25(31)20-11-12-23(26-17-20)29-14-6-13-28(15-16-29)18-24(30)27-22-10-5-8-19-7-3-4-9-21(19)22/h3-4,7,9,11-12,17,22H,2,5-6,8,10,13-16,18H2,1H3,(H,27,30). The number of nitrogens with one attached hydrogen (secondary N) is 1. The number of carbonyl (C=O) groups is 2. The average molecular weight is 437 g/mol. The molecule has 1 aromatic carbocycles. The zero-order valence-electron chi connectivity index (χ0n) is 18.8. The third kappa shape index (κ3) is 5.46. The summed E-state index contributed by atoms with van der Waals surface area (Å²) in [5.41, 5.74) is 3.09. The molecule has 1 N–H and O–H groups in total. The number of aryl methyl sites for hydroxylation is 1. The maximum absolute atomic E-state index is 12.8. The number of rotatable bonds is 6. The van der Waals surface area contributed by atoms with Crippen LogP contribution in [-0.2, 0) is 16.0 Å². The first kappa shape index (κ1) is 22.3. The van der Waals surface area contributed by atoms with Crippen LogP contribution in [0.4, 0.5) is 5.82 Å². The molecule has 7 heteroatoms. The number of ether oxygens (including phenoxy) is 1. The molecule has 2 aromatic rings. The van der Waals surface area contributed by atoms with Crippen LogP contribution in [0.3, 0.4) is 0 Å². The highest BCUT2D eigenvalue weighted by atomic mass is 16.5. The summed E-state index contributed by atoms with van der Waals surface area (Å²) in [7, 11) is 0. The van der Waals surface area contributed by atoms with E-state index >= 15 is 0 Å². The van der Waals surface area contributed by atoms with Crippen LogP contribution in [0.5, 0.6) is 0 Å². The molecule has 2 aliphatic rings. The van der Waals surface area contributed by atoms with Gasteiger partial charge in [0.05, 0.1) is 24.8 Å². The molecule has 0 radical (unpaired) electrons. The van der Waals surface area contributed by atoms with Crippen molar-refractivity contribution in [1.82, 2.24) is 15.2 Å². The smallest absolute Gasteiger partial charge is 0.339 e. The van der Waals surface area contributed by atoms with E-state index in [1.54, 1.807) is 19.2 Å². The Morgan fingerprint density at radius 3 is 2.78 bits per heavy atom. The fourth-order valence-corrected chi connectivity index (χ4v) is 4.61. The molecule has 1 aromatic heterocycles. The molecule has 1 aliphatic carbocycles. The number of carbonyl (C=O) groups excluding carboxylic acids is 2. The van der Waals surface area contributed by atoms with Crippen molar-refractivity contribution < 1.29 is 14.3 Å². The Bertz CT molecular complexity index is 931. The minimum Gasteiger partial charge on any atom is -0.462 e. The molecular formula is C25H32N4O3. The van der Waals surface area contributed by atoms with Gasteiger partial charge in [0.15, 0.2) is 0 Å². The number of benzene rings is 1. The van der Waals surface area contributed by atoms with Gasteiger partial charge in [-0.25, -0.2) is 9.78 Å². The van der Waals surface area contributed by atoms with Crippen LogP contribution < -0.4 is 10.2 Å². The maximum Gasteiger partial charge on any atom is 0.339 e. The van der Waals surface area contributed by atoms with Gasteiger partial charge in [0.1, 0.15) is 5.82 Å². The number of fused-ring (bicyclic) bond motifs is 1. The zero-order chi connectivity index (χ0) is 22.3. The Balaban J connectivity index is 1.29. The van der Waals surface area contributed by atoms with Crippen LogP contribution >= 0.6 is 0 Å². The van der Waals surface area contributed by atoms with E-state index in [1.165, 1.54) is 11.1 Å². The van der Waals surface area contributed by atoms with Gasteiger partial charge in [-0.05, 0) is 55.9 Å². The second kappa shape index (κ2) is 10.6. The molecule has 1 aliphatic heterocycles. The van der Waals surface area contributed by atoms with Gasteiger partial charge < -0.3 is 15.0 Å². The summed E-state index contributed by atoms with van der Waals surface area (Å²) in [6, 6.07) is 12.2. The van der Waals surface area contributed by atoms with Crippen molar-refractivity contribution in [3.8, 4) is 0 Å². The summed E-state index contributed by atoms with van der Waals surface area (Å²) in [5, 5.41) is 3.26. The zero-order valence-corrected chi connectivity index (χ0v) is 18.8. The highest BCUT2D eigenvalue weighted by molar-refractivity contribution is 5.89. The predicted octanol–water partition coefficient (Wildman–Crippen LogP) is 2.96. The second-order valence-corrected chi connectivity index (χ2v) is 8.45. The van der Waals surface area contributed by atoms with Gasteiger partial charge in [-0.1, -0.05) is 24.3 Å². The molecule has 0 spiro atoms. The minimum atomic E-state index is -0.347. The lowest BCUT2D eigenvalue weighted by atomic mass is 9.88. The maximum atomic E-state index is 12.8. The van der Waals surface area contributed by atoms with E-state index in [0.29, 0.717) is 18.7 Å². The summed E-state index contributed by atoms with van der Waals surface area (Å²) in [6.45, 7) is 5.91. The molecule has 2 heterocycles. The number of nitrogens with zero attached hydrogens (tertiary/aromatic N) is 3. The van der Waals surface area contributed by atoms with E-state index in [4.69, 9.17) is 4.74 Å². The monoisotopic (exact) mass is 436 g/mol. The quantitative estimate of drug-likeness (QED) is 0.702. The number of hydrogen-bond donors (Lipinski definition) is 1. The third-order valence-electron chi connectivity index (χ3n) is 6.24. The number of pyridine rings is 1. The number of anilines is 1. The molecule has 4 rings (SSSR count). The predicted molar refractivity (Wildman–Crippen MR) is 124 cm³/mol. The largest absolute Gasteiger partial charge is 0.462 e. The highest BCUT2D eigenvalue weighted by Gasteiger charge is 2.23. The van der Waals surface area contributed by atoms with E-state index in [1.807, 2.05) is 6.07 Å². The molecule has 1 saturated heterocycles. The van der Waals surface area contributed by atoms with Crippen LogP contribution in [0.2, 0.25) is 0 Å². The van der Waals surface area contributed by atoms with Crippen molar-refractivity contribution in [3.05, 3.63) is 59.3 Å². The summed E-state index contributed by atoms with van der Waals surface area (Å²) in [6.07, 6.45) is 5.75. The lowest BCUT2D eigenvalue weighted by molar-refractivity contribution is -0.123. The molecular weight excluding hydrogens is 404 g/mol. The van der Waals surface area contributed by atoms with Gasteiger partial charge in [0.2, 0.25) is 5.91 Å². The summed E-state index contributed by atoms with van der Waals surface area (Å²) >= 11 is 0. The fraction of sp³-hybridized carbons (Fsp3) is 0.480. The van der Waals surface area contributed by atoms with Crippen molar-refractivity contribution in [3.63, 3.8) is 0 Å². The van der Waals surface area contributed by atoms with Crippen molar-refractivity contribution >= 4 is 17.7 Å². The molecule has 170 valence electrons. The van der Waals surface area contributed by atoms with Crippen molar-refractivity contribution in [2.75, 3.05) is 44.2 Å². The Labute approximate surface area is 189 Å². The van der Waals surface area contributed by atoms with Crippen LogP contribution in [-0.4, -0.2) is 61.1 Å². The normalized spacial score (nSPS) is 19.0. The first-order chi connectivity index (χ1) is 15.6. The molecule has 7 nitrogen and oxygen atoms in total. The Morgan fingerprint density at radius 1 is 1.09 bits per heavy atom. The average Bonchev–Trinajstić information content (AvgIpc) is 3.05. The Morgan fingerprint density at radius 2 is 1.97 bits per heavy atom. The van der Waals surface area contributed by atoms with Crippen LogP contribution in [0.25, 0.3) is 0 Å². The van der Waals surface area contributed by atoms with Crippen LogP contribution in [0, 0.1) is 0 Å². The molecule has 1 amide bonds. The molecule has 1 unspecified atom stereocenters. The lowest BCUT2D eigenvalue weighted by Gasteiger charge is -2.28. The van der Waals surface area contributed by atoms with Gasteiger partial charge in [0.25, 0.3) is 0 Å². The van der Waals surface area contributed by atoms with Gasteiger partial charge in [-0.2, -0.15) is 0 Å². The second-order valence-electron chi connectivity index (χ2n) is 8.45. The van der Waals surface area contributed by atoms with E-state index in [2.05, 4.69) is 44.4 Å².